The summed E-state index contributed by atoms with van der Waals surface area (Å²) in [4.78, 5) is 3.80. The number of aryl methyl sites for hydroxylation is 1. The second kappa shape index (κ2) is 2.27. The lowest BCUT2D eigenvalue weighted by Crippen LogP contribution is -1.79. The Balaban J connectivity index is 3.12. The average molecular weight is 117 g/mol. The Morgan fingerprint density at radius 2 is 2.44 bits per heavy atom. The van der Waals surface area contributed by atoms with Crippen LogP contribution in [0.3, 0.4) is 0 Å². The summed E-state index contributed by atoms with van der Waals surface area (Å²) in [7, 11) is 0. The van der Waals surface area contributed by atoms with E-state index in [0.29, 0.717) is 5.56 Å². The smallest absolute Gasteiger partial charge is 0.101 e. The number of pyridine rings is 1. The van der Waals surface area contributed by atoms with E-state index >= 15 is 0 Å². The molecule has 2 heteroatoms. The second-order valence-electron chi connectivity index (χ2n) is 1.74. The molecule has 0 spiro atoms. The molecule has 0 aromatic carbocycles. The summed E-state index contributed by atoms with van der Waals surface area (Å²) in [5.41, 5.74) is 1.39. The topological polar surface area (TPSA) is 36.7 Å². The van der Waals surface area contributed by atoms with Gasteiger partial charge < -0.3 is 0 Å². The van der Waals surface area contributed by atoms with Crippen LogP contribution in [-0.2, 0) is 0 Å². The van der Waals surface area contributed by atoms with Gasteiger partial charge in [0.25, 0.3) is 0 Å². The van der Waals surface area contributed by atoms with Gasteiger partial charge in [0.15, 0.2) is 0 Å². The van der Waals surface area contributed by atoms with Gasteiger partial charge in [-0.1, -0.05) is 0 Å². The maximum absolute atomic E-state index is 8.34. The monoisotopic (exact) mass is 117 g/mol. The Bertz CT molecular complexity index is 247. The van der Waals surface area contributed by atoms with E-state index in [0.717, 1.165) is 5.56 Å². The molecule has 1 aromatic heterocycles. The van der Waals surface area contributed by atoms with Crippen molar-refractivity contribution in [1.29, 1.82) is 5.26 Å². The van der Waals surface area contributed by atoms with Gasteiger partial charge in [0.2, 0.25) is 0 Å². The maximum atomic E-state index is 8.34. The molecule has 0 N–H and O–H groups in total. The van der Waals surface area contributed by atoms with E-state index in [1.165, 1.54) is 6.20 Å². The quantitative estimate of drug-likeness (QED) is 0.509. The zero-order chi connectivity index (χ0) is 6.69. The number of nitriles is 1. The minimum Gasteiger partial charge on any atom is -0.263 e. The van der Waals surface area contributed by atoms with E-state index in [-0.39, 0.29) is 0 Å². The van der Waals surface area contributed by atoms with Gasteiger partial charge in [0.05, 0.1) is 5.56 Å². The molecule has 0 aliphatic carbocycles. The molecule has 0 fully saturated rings. The highest BCUT2D eigenvalue weighted by atomic mass is 14.6. The van der Waals surface area contributed by atoms with Crippen molar-refractivity contribution >= 4 is 0 Å². The Morgan fingerprint density at radius 1 is 1.67 bits per heavy atom. The molecule has 2 nitrogen and oxygen atoms in total. The molecule has 1 heterocycles. The average Bonchev–Trinajstić information content (AvgIpc) is 1.88. The third-order valence-electron chi connectivity index (χ3n) is 0.924. The summed E-state index contributed by atoms with van der Waals surface area (Å²) in [5, 5.41) is 8.34. The van der Waals surface area contributed by atoms with Crippen LogP contribution in [0.15, 0.2) is 12.4 Å². The van der Waals surface area contributed by atoms with Crippen molar-refractivity contribution in [2.45, 2.75) is 6.92 Å². The van der Waals surface area contributed by atoms with Crippen molar-refractivity contribution in [2.24, 2.45) is 0 Å². The predicted molar refractivity (Wildman–Crippen MR) is 32.5 cm³/mol. The van der Waals surface area contributed by atoms with E-state index in [4.69, 9.17) is 5.26 Å². The highest BCUT2D eigenvalue weighted by molar-refractivity contribution is 5.26. The van der Waals surface area contributed by atoms with Gasteiger partial charge in [-0.05, 0) is 12.5 Å². The highest BCUT2D eigenvalue weighted by Gasteiger charge is 1.88. The SMILES string of the molecule is Cc1[c]c(C#N)cnc1. The number of hydrogen-bond acceptors (Lipinski definition) is 2. The van der Waals surface area contributed by atoms with E-state index in [9.17, 15) is 0 Å². The zero-order valence-electron chi connectivity index (χ0n) is 5.05. The van der Waals surface area contributed by atoms with Crippen LogP contribution in [0.4, 0.5) is 0 Å². The van der Waals surface area contributed by atoms with Crippen LogP contribution in [0.5, 0.6) is 0 Å². The van der Waals surface area contributed by atoms with Crippen molar-refractivity contribution < 1.29 is 0 Å². The summed E-state index contributed by atoms with van der Waals surface area (Å²) in [6.07, 6.45) is 3.16. The first-order valence-electron chi connectivity index (χ1n) is 2.57. The molecule has 1 rings (SSSR count). The Hall–Kier alpha value is -1.36. The van der Waals surface area contributed by atoms with Crippen LogP contribution >= 0.6 is 0 Å². The lowest BCUT2D eigenvalue weighted by Gasteiger charge is -1.86. The largest absolute Gasteiger partial charge is 0.263 e. The number of aromatic nitrogens is 1. The second-order valence-corrected chi connectivity index (χ2v) is 1.74. The molecule has 0 atom stereocenters. The fourth-order valence-electron chi connectivity index (χ4n) is 0.557. The molecule has 43 valence electrons. The van der Waals surface area contributed by atoms with Crippen molar-refractivity contribution in [3.8, 4) is 6.07 Å². The van der Waals surface area contributed by atoms with Crippen molar-refractivity contribution in [3.05, 3.63) is 29.6 Å². The molecular formula is C7H5N2. The van der Waals surface area contributed by atoms with Crippen LogP contribution < -0.4 is 0 Å². The minimum absolute atomic E-state index is 0.495. The lowest BCUT2D eigenvalue weighted by molar-refractivity contribution is 1.24. The Kier molecular flexibility index (Phi) is 1.46. The number of rotatable bonds is 0. The molecule has 1 aromatic rings. The van der Waals surface area contributed by atoms with Gasteiger partial charge in [-0.2, -0.15) is 5.26 Å². The van der Waals surface area contributed by atoms with Gasteiger partial charge in [0.1, 0.15) is 6.07 Å². The fraction of sp³-hybridized carbons (Fsp3) is 0.143. The molecule has 0 aliphatic heterocycles. The van der Waals surface area contributed by atoms with E-state index in [2.05, 4.69) is 11.1 Å². The summed E-state index contributed by atoms with van der Waals surface area (Å²) >= 11 is 0. The maximum Gasteiger partial charge on any atom is 0.101 e. The third kappa shape index (κ3) is 1.26. The lowest BCUT2D eigenvalue weighted by atomic mass is 10.2. The molecule has 0 bridgehead atoms. The predicted octanol–water partition coefficient (Wildman–Crippen LogP) is 1.06. The molecule has 0 unspecified atom stereocenters. The third-order valence-corrected chi connectivity index (χ3v) is 0.924. The van der Waals surface area contributed by atoms with E-state index < -0.39 is 0 Å². The molecular weight excluding hydrogens is 112 g/mol. The first kappa shape index (κ1) is 5.77. The summed E-state index contributed by atoms with van der Waals surface area (Å²) in [6, 6.07) is 4.78. The highest BCUT2D eigenvalue weighted by Crippen LogP contribution is 1.96. The Morgan fingerprint density at radius 3 is 2.89 bits per heavy atom. The summed E-state index contributed by atoms with van der Waals surface area (Å²) in [6.45, 7) is 1.86. The van der Waals surface area contributed by atoms with E-state index in [1.54, 1.807) is 6.20 Å². The molecule has 0 saturated heterocycles. The van der Waals surface area contributed by atoms with Gasteiger partial charge in [-0.25, -0.2) is 0 Å². The Labute approximate surface area is 53.8 Å². The molecule has 0 saturated carbocycles. The van der Waals surface area contributed by atoms with Gasteiger partial charge in [-0.3, -0.25) is 4.98 Å². The molecule has 0 amide bonds. The summed E-state index contributed by atoms with van der Waals surface area (Å²) in [5.74, 6) is 0. The van der Waals surface area contributed by atoms with Crippen molar-refractivity contribution in [2.75, 3.05) is 0 Å². The van der Waals surface area contributed by atoms with Crippen LogP contribution in [0, 0.1) is 24.3 Å². The van der Waals surface area contributed by atoms with Crippen LogP contribution in [-0.4, -0.2) is 4.98 Å². The summed E-state index contributed by atoms with van der Waals surface area (Å²) < 4.78 is 0. The van der Waals surface area contributed by atoms with Crippen LogP contribution in [0.2, 0.25) is 0 Å². The first-order chi connectivity index (χ1) is 4.33. The molecule has 9 heavy (non-hydrogen) atoms. The van der Waals surface area contributed by atoms with Crippen molar-refractivity contribution in [3.63, 3.8) is 0 Å². The number of hydrogen-bond donors (Lipinski definition) is 0. The number of nitrogens with zero attached hydrogens (tertiary/aromatic N) is 2. The normalized spacial score (nSPS) is 8.44. The first-order valence-corrected chi connectivity index (χ1v) is 2.57. The fourth-order valence-corrected chi connectivity index (χ4v) is 0.557. The van der Waals surface area contributed by atoms with E-state index in [1.807, 2.05) is 13.0 Å². The molecule has 0 aliphatic rings. The van der Waals surface area contributed by atoms with Gasteiger partial charge in [-0.15, -0.1) is 0 Å². The zero-order valence-corrected chi connectivity index (χ0v) is 5.05. The van der Waals surface area contributed by atoms with Crippen LogP contribution in [0.1, 0.15) is 11.1 Å². The minimum atomic E-state index is 0.495. The van der Waals surface area contributed by atoms with Gasteiger partial charge in [0, 0.05) is 18.5 Å². The van der Waals surface area contributed by atoms with Crippen molar-refractivity contribution in [1.82, 2.24) is 4.98 Å². The standard InChI is InChI=1S/C7H5N2/c1-6-2-7(3-8)5-9-4-6/h4-5H,1H3. The molecule has 1 radical (unpaired) electrons. The van der Waals surface area contributed by atoms with Crippen LogP contribution in [0.25, 0.3) is 0 Å². The van der Waals surface area contributed by atoms with Gasteiger partial charge >= 0.3 is 0 Å².